The highest BCUT2D eigenvalue weighted by Gasteiger charge is 2.84. The molecule has 2 amide bonds. The molecule has 6 aliphatic carbocycles. The summed E-state index contributed by atoms with van der Waals surface area (Å²) in [5.41, 5.74) is 4.98. The van der Waals surface area contributed by atoms with Crippen LogP contribution in [-0.2, 0) is 20.4 Å². The zero-order valence-electron chi connectivity index (χ0n) is 25.8. The number of ketones is 2. The molecule has 10 rings (SSSR count). The van der Waals surface area contributed by atoms with Crippen LogP contribution in [0.5, 0.6) is 0 Å². The van der Waals surface area contributed by atoms with Gasteiger partial charge in [0.05, 0.1) is 27.6 Å². The third-order valence-electron chi connectivity index (χ3n) is 13.3. The minimum atomic E-state index is -0.588. The molecule has 4 saturated carbocycles. The van der Waals surface area contributed by atoms with Crippen LogP contribution in [-0.4, -0.2) is 56.2 Å². The molecular weight excluding hydrogens is 552 g/mol. The van der Waals surface area contributed by atoms with Crippen LogP contribution in [0.15, 0.2) is 48.6 Å². The maximum Gasteiger partial charge on any atom is 0.233 e. The molecule has 226 valence electrons. The molecule has 8 nitrogen and oxygen atoms in total. The Bertz CT molecular complexity index is 1850. The van der Waals surface area contributed by atoms with Crippen LogP contribution in [0.25, 0.3) is 0 Å². The highest BCUT2D eigenvalue weighted by Crippen LogP contribution is 2.81. The Kier molecular flexibility index (Phi) is 4.70. The van der Waals surface area contributed by atoms with Gasteiger partial charge in [-0.15, -0.1) is 6.58 Å². The smallest absolute Gasteiger partial charge is 0.233 e. The molecule has 0 radical (unpaired) electrons. The molecule has 8 aliphatic rings. The van der Waals surface area contributed by atoms with E-state index in [4.69, 9.17) is 0 Å². The maximum atomic E-state index is 14.6. The van der Waals surface area contributed by atoms with E-state index in [9.17, 15) is 19.2 Å². The zero-order valence-corrected chi connectivity index (χ0v) is 25.8. The SMILES string of the molecule is C=C[C@]12CCN(C(=O)C34CC(C(=O)N5C[C@H]6[C@@H](C)[C@@]67C5=CC(=O)c5[nH]cc(C)c57)(C3)C4CCC)C1=CC(=O)c1[nH]cc(C)c12. The molecule has 6 fully saturated rings. The van der Waals surface area contributed by atoms with Crippen LogP contribution in [0.4, 0.5) is 0 Å². The Balaban J connectivity index is 1.03. The normalized spacial score (nSPS) is 38.4. The summed E-state index contributed by atoms with van der Waals surface area (Å²) >= 11 is 0. The van der Waals surface area contributed by atoms with Gasteiger partial charge in [0.25, 0.3) is 0 Å². The van der Waals surface area contributed by atoms with E-state index >= 15 is 0 Å². The minimum Gasteiger partial charge on any atom is -0.358 e. The van der Waals surface area contributed by atoms with Crippen molar-refractivity contribution in [1.82, 2.24) is 19.8 Å². The van der Waals surface area contributed by atoms with Gasteiger partial charge in [-0.05, 0) is 79.5 Å². The summed E-state index contributed by atoms with van der Waals surface area (Å²) in [7, 11) is 0. The Morgan fingerprint density at radius 2 is 1.55 bits per heavy atom. The number of rotatable bonds is 5. The molecule has 2 bridgehead atoms. The number of aromatic nitrogens is 2. The van der Waals surface area contributed by atoms with Gasteiger partial charge in [-0.25, -0.2) is 0 Å². The van der Waals surface area contributed by atoms with Crippen molar-refractivity contribution in [2.45, 2.75) is 70.6 Å². The van der Waals surface area contributed by atoms with Crippen molar-refractivity contribution in [2.75, 3.05) is 13.1 Å². The summed E-state index contributed by atoms with van der Waals surface area (Å²) in [6.45, 7) is 13.7. The molecule has 5 atom stereocenters. The van der Waals surface area contributed by atoms with Gasteiger partial charge in [0.2, 0.25) is 23.4 Å². The van der Waals surface area contributed by atoms with E-state index in [-0.39, 0.29) is 34.7 Å². The van der Waals surface area contributed by atoms with Crippen molar-refractivity contribution in [1.29, 1.82) is 0 Å². The van der Waals surface area contributed by atoms with Crippen LogP contribution in [0.3, 0.4) is 0 Å². The molecular formula is C36H38N4O4. The van der Waals surface area contributed by atoms with Crippen molar-refractivity contribution in [3.8, 4) is 0 Å². The van der Waals surface area contributed by atoms with Crippen LogP contribution in [0, 0.1) is 42.4 Å². The zero-order chi connectivity index (χ0) is 30.7. The Morgan fingerprint density at radius 1 is 0.955 bits per heavy atom. The number of fused-ring (bicyclic) bond motifs is 4. The second-order valence-electron chi connectivity index (χ2n) is 14.8. The van der Waals surface area contributed by atoms with E-state index in [1.54, 1.807) is 12.2 Å². The topological polar surface area (TPSA) is 106 Å². The molecule has 4 heterocycles. The van der Waals surface area contributed by atoms with Crippen molar-refractivity contribution < 1.29 is 19.2 Å². The molecule has 2 saturated heterocycles. The van der Waals surface area contributed by atoms with Gasteiger partial charge in [-0.3, -0.25) is 19.2 Å². The summed E-state index contributed by atoms with van der Waals surface area (Å²) in [6.07, 6.45) is 12.5. The number of carbonyl (C=O) groups excluding carboxylic acids is 4. The lowest BCUT2D eigenvalue weighted by Gasteiger charge is -2.75. The number of allylic oxidation sites excluding steroid dienone is 4. The number of hydrogen-bond donors (Lipinski definition) is 2. The first kappa shape index (κ1) is 26.5. The lowest BCUT2D eigenvalue weighted by atomic mass is 9.27. The molecule has 2 N–H and O–H groups in total. The van der Waals surface area contributed by atoms with E-state index in [0.29, 0.717) is 55.6 Å². The molecule has 1 unspecified atom stereocenters. The lowest BCUT2D eigenvalue weighted by Crippen LogP contribution is -2.79. The monoisotopic (exact) mass is 590 g/mol. The number of aromatic amines is 2. The average molecular weight is 591 g/mol. The Hall–Kier alpha value is -3.94. The van der Waals surface area contributed by atoms with Gasteiger partial charge < -0.3 is 19.8 Å². The number of piperidine rings is 1. The van der Waals surface area contributed by atoms with Crippen LogP contribution < -0.4 is 0 Å². The van der Waals surface area contributed by atoms with Gasteiger partial charge in [-0.1, -0.05) is 26.3 Å². The molecule has 1 spiro atoms. The number of aryl methyl sites for hydroxylation is 2. The predicted octanol–water partition coefficient (Wildman–Crippen LogP) is 5.02. The molecule has 2 aliphatic heterocycles. The van der Waals surface area contributed by atoms with E-state index in [2.05, 4.69) is 30.4 Å². The third-order valence-corrected chi connectivity index (χ3v) is 13.3. The first-order valence-electron chi connectivity index (χ1n) is 16.2. The summed E-state index contributed by atoms with van der Waals surface area (Å²) in [5, 5.41) is 0. The van der Waals surface area contributed by atoms with Crippen molar-refractivity contribution >= 4 is 23.4 Å². The molecule has 2 aromatic rings. The fourth-order valence-corrected chi connectivity index (χ4v) is 11.3. The second kappa shape index (κ2) is 7.82. The summed E-state index contributed by atoms with van der Waals surface area (Å²) in [5.74, 6) is 0.625. The Labute approximate surface area is 256 Å². The van der Waals surface area contributed by atoms with Crippen molar-refractivity contribution in [2.24, 2.45) is 28.6 Å². The largest absolute Gasteiger partial charge is 0.358 e. The quantitative estimate of drug-likeness (QED) is 0.477. The van der Waals surface area contributed by atoms with Crippen molar-refractivity contribution in [3.05, 3.63) is 82.2 Å². The van der Waals surface area contributed by atoms with Crippen LogP contribution in [0.2, 0.25) is 0 Å². The first-order chi connectivity index (χ1) is 21.0. The van der Waals surface area contributed by atoms with E-state index in [0.717, 1.165) is 46.5 Å². The minimum absolute atomic E-state index is 0.0436. The van der Waals surface area contributed by atoms with Gasteiger partial charge in [0, 0.05) is 54.4 Å². The highest BCUT2D eigenvalue weighted by atomic mass is 16.2. The number of carbonyl (C=O) groups is 4. The van der Waals surface area contributed by atoms with E-state index in [1.165, 1.54) is 0 Å². The van der Waals surface area contributed by atoms with Gasteiger partial charge >= 0.3 is 0 Å². The number of nitrogens with one attached hydrogen (secondary N) is 2. The van der Waals surface area contributed by atoms with E-state index in [1.807, 2.05) is 42.1 Å². The lowest BCUT2D eigenvalue weighted by molar-refractivity contribution is -0.263. The number of amides is 2. The standard InChI is InChI=1S/C36H38N4O4/c1-6-8-24-34(31(43)39-10-9-33(7-2)25(39)11-22(41)29-27(33)18(3)13-37-29)16-35(24,17-34)32(44)40-15-21-20(5)36(21)26(40)12-23(42)30-28(36)19(4)14-38-30/h7,11-14,20-21,24,37-38H,2,6,8-10,15-17H2,1,3-5H3/t20-,21+,24?,33+,34?,35?,36+/m1/s1. The van der Waals surface area contributed by atoms with Gasteiger partial charge in [0.1, 0.15) is 0 Å². The fourth-order valence-electron chi connectivity index (χ4n) is 11.3. The Morgan fingerprint density at radius 3 is 2.18 bits per heavy atom. The first-order valence-corrected chi connectivity index (χ1v) is 16.2. The van der Waals surface area contributed by atoms with Crippen LogP contribution in [0.1, 0.15) is 89.2 Å². The fraction of sp³-hybridized carbons (Fsp3) is 0.500. The van der Waals surface area contributed by atoms with E-state index < -0.39 is 16.2 Å². The third kappa shape index (κ3) is 2.52. The molecule has 0 aromatic carbocycles. The summed E-state index contributed by atoms with van der Waals surface area (Å²) in [4.78, 5) is 65.7. The number of H-pyrrole nitrogens is 2. The van der Waals surface area contributed by atoms with Gasteiger partial charge in [-0.2, -0.15) is 0 Å². The van der Waals surface area contributed by atoms with Crippen molar-refractivity contribution in [3.63, 3.8) is 0 Å². The van der Waals surface area contributed by atoms with Crippen LogP contribution >= 0.6 is 0 Å². The number of hydrogen-bond acceptors (Lipinski definition) is 4. The molecule has 44 heavy (non-hydrogen) atoms. The predicted molar refractivity (Wildman–Crippen MR) is 163 cm³/mol. The summed E-state index contributed by atoms with van der Waals surface area (Å²) in [6, 6.07) is 0. The number of likely N-dealkylation sites (tertiary alicyclic amines) is 2. The highest BCUT2D eigenvalue weighted by molar-refractivity contribution is 6.10. The maximum absolute atomic E-state index is 14.6. The second-order valence-corrected chi connectivity index (χ2v) is 14.8. The number of nitrogens with zero attached hydrogens (tertiary/aromatic N) is 2. The average Bonchev–Trinajstić information content (AvgIpc) is 3.52. The summed E-state index contributed by atoms with van der Waals surface area (Å²) < 4.78 is 0. The molecule has 8 heteroatoms. The molecule has 2 aromatic heterocycles. The van der Waals surface area contributed by atoms with Gasteiger partial charge in [0.15, 0.2) is 0 Å².